The van der Waals surface area contributed by atoms with Gasteiger partial charge in [0.15, 0.2) is 5.78 Å². The number of ether oxygens (including phenoxy) is 2. The minimum absolute atomic E-state index is 0.228. The van der Waals surface area contributed by atoms with Gasteiger partial charge in [0, 0.05) is 6.42 Å². The predicted molar refractivity (Wildman–Crippen MR) is 122 cm³/mol. The van der Waals surface area contributed by atoms with Crippen molar-refractivity contribution in [2.75, 3.05) is 39.4 Å². The Morgan fingerprint density at radius 2 is 1.47 bits per heavy atom. The molecule has 0 aliphatic rings. The third kappa shape index (κ3) is 9.29. The van der Waals surface area contributed by atoms with Gasteiger partial charge < -0.3 is 14.0 Å². The molecule has 170 valence electrons. The van der Waals surface area contributed by atoms with Crippen molar-refractivity contribution in [1.82, 2.24) is 0 Å². The first-order chi connectivity index (χ1) is 14.4. The molecule has 0 fully saturated rings. The molecule has 0 aliphatic carbocycles. The van der Waals surface area contributed by atoms with Crippen LogP contribution >= 0.6 is 0 Å². The summed E-state index contributed by atoms with van der Waals surface area (Å²) in [5.41, 5.74) is 3.46. The molecule has 5 heteroatoms. The molecule has 1 aromatic rings. The number of carbonyl (C=O) groups is 2. The van der Waals surface area contributed by atoms with E-state index in [9.17, 15) is 9.59 Å². The molecular weight excluding hydrogens is 378 g/mol. The van der Waals surface area contributed by atoms with Gasteiger partial charge in [-0.1, -0.05) is 50.8 Å². The summed E-state index contributed by atoms with van der Waals surface area (Å²) in [6.45, 7) is 13.9. The quantitative estimate of drug-likeness (QED) is 0.217. The van der Waals surface area contributed by atoms with Crippen molar-refractivity contribution in [3.05, 3.63) is 34.9 Å². The van der Waals surface area contributed by atoms with E-state index in [1.807, 2.05) is 6.07 Å². The lowest BCUT2D eigenvalue weighted by Crippen LogP contribution is -2.53. The molecule has 0 atom stereocenters. The molecule has 30 heavy (non-hydrogen) atoms. The first-order valence-electron chi connectivity index (χ1n) is 11.6. The molecule has 0 unspecified atom stereocenters. The molecule has 0 spiro atoms. The molecule has 5 nitrogen and oxygen atoms in total. The van der Waals surface area contributed by atoms with E-state index in [1.165, 1.54) is 19.3 Å². The summed E-state index contributed by atoms with van der Waals surface area (Å²) in [4.78, 5) is 24.7. The second-order valence-corrected chi connectivity index (χ2v) is 8.30. The number of carbonyl (C=O) groups excluding carboxylic acids is 2. The monoisotopic (exact) mass is 420 g/mol. The molecule has 0 bridgehead atoms. The smallest absolute Gasteiger partial charge is 0.434 e. The van der Waals surface area contributed by atoms with E-state index in [0.717, 1.165) is 42.6 Å². The Morgan fingerprint density at radius 3 is 2.07 bits per heavy atom. The maximum atomic E-state index is 12.8. The van der Waals surface area contributed by atoms with E-state index in [2.05, 4.69) is 46.8 Å². The molecule has 1 rings (SSSR count). The topological polar surface area (TPSA) is 52.6 Å². The van der Waals surface area contributed by atoms with Crippen molar-refractivity contribution in [3.8, 4) is 0 Å². The predicted octanol–water partition coefficient (Wildman–Crippen LogP) is 5.40. The Kier molecular flexibility index (Phi) is 12.4. The Morgan fingerprint density at radius 1 is 0.867 bits per heavy atom. The minimum atomic E-state index is -0.599. The van der Waals surface area contributed by atoms with Gasteiger partial charge in [0.25, 0.3) is 0 Å². The van der Waals surface area contributed by atoms with Gasteiger partial charge >= 0.3 is 6.16 Å². The summed E-state index contributed by atoms with van der Waals surface area (Å²) in [7, 11) is 0. The number of likely N-dealkylation sites (N-methyl/N-ethyl adjacent to an activating group) is 1. The van der Waals surface area contributed by atoms with Gasteiger partial charge in [-0.15, -0.1) is 0 Å². The van der Waals surface area contributed by atoms with Crippen molar-refractivity contribution in [3.63, 3.8) is 0 Å². The van der Waals surface area contributed by atoms with Gasteiger partial charge in [0.1, 0.15) is 19.7 Å². The highest BCUT2D eigenvalue weighted by atomic mass is 16.7. The second-order valence-electron chi connectivity index (χ2n) is 8.30. The highest BCUT2D eigenvalue weighted by molar-refractivity contribution is 5.82. The Labute approximate surface area is 183 Å². The minimum Gasteiger partial charge on any atom is -0.434 e. The third-order valence-electron chi connectivity index (χ3n) is 6.13. The number of ketones is 1. The van der Waals surface area contributed by atoms with Crippen molar-refractivity contribution in [2.24, 2.45) is 0 Å². The first-order valence-corrected chi connectivity index (χ1v) is 11.6. The molecule has 0 N–H and O–H groups in total. The zero-order valence-corrected chi connectivity index (χ0v) is 19.8. The number of hydrogen-bond acceptors (Lipinski definition) is 4. The number of Topliss-reactive ketones (excluding diaryl/α,β-unsaturated/α-hetero) is 1. The summed E-state index contributed by atoms with van der Waals surface area (Å²) in [5, 5.41) is 0. The fourth-order valence-electron chi connectivity index (χ4n) is 3.82. The molecule has 0 saturated carbocycles. The van der Waals surface area contributed by atoms with Crippen LogP contribution in [0.5, 0.6) is 0 Å². The first kappa shape index (κ1) is 26.2. The lowest BCUT2D eigenvalue weighted by Gasteiger charge is -2.36. The normalized spacial score (nSPS) is 11.4. The van der Waals surface area contributed by atoms with Gasteiger partial charge in [0.2, 0.25) is 0 Å². The SMILES string of the molecule is CCCCCCCOC(=O)OCC[N+](CC)(CC)CC(=O)Cc1c(C)cccc1C. The maximum Gasteiger partial charge on any atom is 0.508 e. The summed E-state index contributed by atoms with van der Waals surface area (Å²) >= 11 is 0. The van der Waals surface area contributed by atoms with Crippen molar-refractivity contribution in [1.29, 1.82) is 0 Å². The molecule has 0 amide bonds. The fourth-order valence-corrected chi connectivity index (χ4v) is 3.82. The number of aryl methyl sites for hydroxylation is 2. The van der Waals surface area contributed by atoms with Gasteiger partial charge in [0.05, 0.1) is 19.7 Å². The highest BCUT2D eigenvalue weighted by Crippen LogP contribution is 2.16. The van der Waals surface area contributed by atoms with E-state index >= 15 is 0 Å². The van der Waals surface area contributed by atoms with Crippen LogP contribution in [-0.4, -0.2) is 55.8 Å². The zero-order valence-electron chi connectivity index (χ0n) is 19.8. The molecule has 0 aliphatic heterocycles. The molecule has 0 saturated heterocycles. The molecule has 0 aromatic heterocycles. The number of rotatable bonds is 15. The van der Waals surface area contributed by atoms with Crippen LogP contribution < -0.4 is 0 Å². The summed E-state index contributed by atoms with van der Waals surface area (Å²) < 4.78 is 11.1. The summed E-state index contributed by atoms with van der Waals surface area (Å²) in [6, 6.07) is 6.14. The fraction of sp³-hybridized carbons (Fsp3) is 0.680. The van der Waals surface area contributed by atoms with Crippen molar-refractivity contribution in [2.45, 2.75) is 73.1 Å². The van der Waals surface area contributed by atoms with Gasteiger partial charge in [-0.05, 0) is 50.8 Å². The van der Waals surface area contributed by atoms with E-state index < -0.39 is 6.16 Å². The summed E-state index contributed by atoms with van der Waals surface area (Å²) in [6.07, 6.45) is 5.42. The van der Waals surface area contributed by atoms with Crippen molar-refractivity contribution < 1.29 is 23.5 Å². The van der Waals surface area contributed by atoms with E-state index in [4.69, 9.17) is 9.47 Å². The number of quaternary nitrogens is 1. The van der Waals surface area contributed by atoms with E-state index in [1.54, 1.807) is 0 Å². The molecular formula is C25H42NO4+. The number of unbranched alkanes of at least 4 members (excludes halogenated alkanes) is 4. The number of nitrogens with zero attached hydrogens (tertiary/aromatic N) is 1. The van der Waals surface area contributed by atoms with Crippen LogP contribution in [0, 0.1) is 13.8 Å². The van der Waals surface area contributed by atoms with Gasteiger partial charge in [-0.3, -0.25) is 4.79 Å². The lowest BCUT2D eigenvalue weighted by atomic mass is 9.97. The van der Waals surface area contributed by atoms with E-state index in [-0.39, 0.29) is 12.4 Å². The average Bonchev–Trinajstić information content (AvgIpc) is 2.72. The number of benzene rings is 1. The van der Waals surface area contributed by atoms with Gasteiger partial charge in [-0.25, -0.2) is 4.79 Å². The average molecular weight is 421 g/mol. The summed E-state index contributed by atoms with van der Waals surface area (Å²) in [5.74, 6) is 0.228. The highest BCUT2D eigenvalue weighted by Gasteiger charge is 2.27. The Bertz CT molecular complexity index is 632. The third-order valence-corrected chi connectivity index (χ3v) is 6.13. The van der Waals surface area contributed by atoms with Crippen LogP contribution in [0.15, 0.2) is 18.2 Å². The second kappa shape index (κ2) is 14.2. The Balaban J connectivity index is 2.46. The molecule has 0 heterocycles. The van der Waals surface area contributed by atoms with Crippen LogP contribution in [0.3, 0.4) is 0 Å². The largest absolute Gasteiger partial charge is 0.508 e. The zero-order chi connectivity index (χ0) is 22.4. The van der Waals surface area contributed by atoms with Crippen LogP contribution in [-0.2, 0) is 20.7 Å². The molecule has 1 aromatic carbocycles. The number of hydrogen-bond donors (Lipinski definition) is 0. The van der Waals surface area contributed by atoms with Crippen LogP contribution in [0.25, 0.3) is 0 Å². The van der Waals surface area contributed by atoms with Gasteiger partial charge in [-0.2, -0.15) is 0 Å². The standard InChI is InChI=1S/C25H42NO4/c1-6-9-10-11-12-17-29-25(28)30-18-16-26(7-2,8-3)20-23(27)19-24-21(4)14-13-15-22(24)5/h13-15H,6-12,16-20H2,1-5H3/q+1. The lowest BCUT2D eigenvalue weighted by molar-refractivity contribution is -0.917. The maximum absolute atomic E-state index is 12.8. The van der Waals surface area contributed by atoms with Crippen molar-refractivity contribution >= 4 is 11.9 Å². The van der Waals surface area contributed by atoms with Crippen LogP contribution in [0.4, 0.5) is 4.79 Å². The van der Waals surface area contributed by atoms with E-state index in [0.29, 0.717) is 30.6 Å². The Hall–Kier alpha value is -1.88. The molecule has 0 radical (unpaired) electrons. The van der Waals surface area contributed by atoms with Crippen LogP contribution in [0.1, 0.15) is 69.6 Å². The van der Waals surface area contributed by atoms with Crippen LogP contribution in [0.2, 0.25) is 0 Å².